The lowest BCUT2D eigenvalue weighted by Crippen LogP contribution is -2.31. The van der Waals surface area contributed by atoms with Gasteiger partial charge in [0.2, 0.25) is 17.8 Å². The van der Waals surface area contributed by atoms with Crippen molar-refractivity contribution in [2.75, 3.05) is 23.8 Å². The molecule has 1 saturated heterocycles. The number of carbonyl (C=O) groups excluding carboxylic acids is 1. The van der Waals surface area contributed by atoms with Gasteiger partial charge in [-0.15, -0.1) is 0 Å². The fourth-order valence-corrected chi connectivity index (χ4v) is 5.02. The van der Waals surface area contributed by atoms with Crippen LogP contribution in [0.15, 0.2) is 18.3 Å². The SMILES string of the molecule is NC(=O)C1CCC(n2c(Nc3c(F)cc(Cl)cc3F)nc3cnc(N[C@H]4CCCOC4)nc32)CC1. The Bertz CT molecular complexity index is 1220. The minimum Gasteiger partial charge on any atom is -0.379 e. The number of ether oxygens (including phenoxy) is 1. The number of rotatable bonds is 6. The maximum Gasteiger partial charge on any atom is 0.225 e. The summed E-state index contributed by atoms with van der Waals surface area (Å²) >= 11 is 5.78. The zero-order valence-electron chi connectivity index (χ0n) is 18.9. The minimum atomic E-state index is -0.836. The lowest BCUT2D eigenvalue weighted by molar-refractivity contribution is -0.122. The fourth-order valence-electron chi connectivity index (χ4n) is 4.82. The van der Waals surface area contributed by atoms with Crippen LogP contribution < -0.4 is 16.4 Å². The molecule has 3 heterocycles. The van der Waals surface area contributed by atoms with E-state index in [9.17, 15) is 13.6 Å². The molecule has 186 valence electrons. The first-order chi connectivity index (χ1) is 16.9. The predicted octanol–water partition coefficient (Wildman–Crippen LogP) is 4.31. The molecule has 12 heteroatoms. The van der Waals surface area contributed by atoms with Crippen LogP contribution in [-0.2, 0) is 9.53 Å². The number of aromatic nitrogens is 4. The molecular weight excluding hydrogens is 480 g/mol. The summed E-state index contributed by atoms with van der Waals surface area (Å²) in [7, 11) is 0. The van der Waals surface area contributed by atoms with Crippen LogP contribution in [-0.4, -0.2) is 44.7 Å². The van der Waals surface area contributed by atoms with E-state index in [-0.39, 0.29) is 40.6 Å². The molecule has 1 saturated carbocycles. The molecule has 1 atom stereocenters. The van der Waals surface area contributed by atoms with E-state index >= 15 is 0 Å². The van der Waals surface area contributed by atoms with E-state index in [1.54, 1.807) is 6.20 Å². The topological polar surface area (TPSA) is 120 Å². The highest BCUT2D eigenvalue weighted by molar-refractivity contribution is 6.30. The maximum atomic E-state index is 14.6. The van der Waals surface area contributed by atoms with E-state index < -0.39 is 11.6 Å². The number of anilines is 3. The van der Waals surface area contributed by atoms with E-state index in [0.717, 1.165) is 31.6 Å². The molecule has 4 N–H and O–H groups in total. The highest BCUT2D eigenvalue weighted by Gasteiger charge is 2.30. The van der Waals surface area contributed by atoms with Crippen LogP contribution >= 0.6 is 11.6 Å². The van der Waals surface area contributed by atoms with Crippen LogP contribution in [0.25, 0.3) is 11.2 Å². The molecule has 2 aliphatic rings. The van der Waals surface area contributed by atoms with Crippen molar-refractivity contribution in [3.8, 4) is 0 Å². The Hall–Kier alpha value is -3.05. The number of hydrogen-bond donors (Lipinski definition) is 3. The second-order valence-electron chi connectivity index (χ2n) is 9.04. The van der Waals surface area contributed by atoms with Gasteiger partial charge < -0.3 is 21.1 Å². The van der Waals surface area contributed by atoms with Gasteiger partial charge in [0.05, 0.1) is 18.8 Å². The third-order valence-electron chi connectivity index (χ3n) is 6.63. The Morgan fingerprint density at radius 1 is 1.14 bits per heavy atom. The lowest BCUT2D eigenvalue weighted by atomic mass is 9.85. The van der Waals surface area contributed by atoms with Crippen molar-refractivity contribution < 1.29 is 18.3 Å². The summed E-state index contributed by atoms with van der Waals surface area (Å²) in [5, 5.41) is 6.06. The average Bonchev–Trinajstić information content (AvgIpc) is 3.19. The molecule has 2 aromatic heterocycles. The van der Waals surface area contributed by atoms with Gasteiger partial charge in [0, 0.05) is 23.6 Å². The van der Waals surface area contributed by atoms with Crippen molar-refractivity contribution in [1.29, 1.82) is 0 Å². The van der Waals surface area contributed by atoms with Gasteiger partial charge in [-0.3, -0.25) is 9.36 Å². The summed E-state index contributed by atoms with van der Waals surface area (Å²) in [5.74, 6) is -1.52. The van der Waals surface area contributed by atoms with Gasteiger partial charge in [-0.2, -0.15) is 4.98 Å². The fraction of sp³-hybridized carbons (Fsp3) is 0.478. The van der Waals surface area contributed by atoms with E-state index in [1.165, 1.54) is 0 Å². The highest BCUT2D eigenvalue weighted by atomic mass is 35.5. The Morgan fingerprint density at radius 3 is 2.54 bits per heavy atom. The largest absolute Gasteiger partial charge is 0.379 e. The average molecular weight is 506 g/mol. The van der Waals surface area contributed by atoms with Crippen molar-refractivity contribution in [3.63, 3.8) is 0 Å². The summed E-state index contributed by atoms with van der Waals surface area (Å²) in [5.41, 5.74) is 6.15. The van der Waals surface area contributed by atoms with Crippen LogP contribution in [0.3, 0.4) is 0 Å². The van der Waals surface area contributed by atoms with Crippen LogP contribution in [0.1, 0.15) is 44.6 Å². The molecule has 9 nitrogen and oxygen atoms in total. The number of nitrogens with one attached hydrogen (secondary N) is 2. The monoisotopic (exact) mass is 505 g/mol. The molecule has 1 aliphatic carbocycles. The quantitative estimate of drug-likeness (QED) is 0.456. The number of imidazole rings is 1. The first-order valence-electron chi connectivity index (χ1n) is 11.7. The molecule has 0 bridgehead atoms. The number of carbonyl (C=O) groups is 1. The van der Waals surface area contributed by atoms with E-state index in [4.69, 9.17) is 27.1 Å². The molecular formula is C23H26ClF2N7O2. The molecule has 0 unspecified atom stereocenters. The molecule has 1 aliphatic heterocycles. The lowest BCUT2D eigenvalue weighted by Gasteiger charge is -2.29. The van der Waals surface area contributed by atoms with Crippen LogP contribution in [0.5, 0.6) is 0 Å². The van der Waals surface area contributed by atoms with Gasteiger partial charge in [0.1, 0.15) is 11.2 Å². The van der Waals surface area contributed by atoms with Crippen LogP contribution in [0.4, 0.5) is 26.4 Å². The Labute approximate surface area is 205 Å². The molecule has 0 spiro atoms. The van der Waals surface area contributed by atoms with Crippen molar-refractivity contribution in [2.45, 2.75) is 50.6 Å². The summed E-state index contributed by atoms with van der Waals surface area (Å²) in [4.78, 5) is 25.3. The van der Waals surface area contributed by atoms with Gasteiger partial charge in [-0.1, -0.05) is 11.6 Å². The molecule has 2 fully saturated rings. The van der Waals surface area contributed by atoms with Gasteiger partial charge >= 0.3 is 0 Å². The standard InChI is InChI=1S/C23H26ClF2N7O2/c24-13-8-16(25)19(17(26)9-13)31-23-30-18-10-28-22(29-14-2-1-7-35-11-14)32-21(18)33(23)15-5-3-12(4-6-15)20(27)34/h8-10,12,14-15H,1-7,11H2,(H2,27,34)(H,30,31)(H,28,29,32)/t12?,14-,15?/m0/s1. The number of benzene rings is 1. The van der Waals surface area contributed by atoms with E-state index in [0.29, 0.717) is 49.4 Å². The smallest absolute Gasteiger partial charge is 0.225 e. The van der Waals surface area contributed by atoms with Crippen molar-refractivity contribution in [3.05, 3.63) is 35.0 Å². The predicted molar refractivity (Wildman–Crippen MR) is 128 cm³/mol. The normalized spacial score (nSPS) is 22.8. The summed E-state index contributed by atoms with van der Waals surface area (Å²) in [6.45, 7) is 1.31. The number of nitrogens with two attached hydrogens (primary N) is 1. The number of primary amides is 1. The second kappa shape index (κ2) is 9.90. The third kappa shape index (κ3) is 5.01. The Kier molecular flexibility index (Phi) is 6.70. The number of amides is 1. The van der Waals surface area contributed by atoms with Gasteiger partial charge in [0.25, 0.3) is 0 Å². The number of halogens is 3. The van der Waals surface area contributed by atoms with Crippen molar-refractivity contribution >= 4 is 46.3 Å². The van der Waals surface area contributed by atoms with E-state index in [1.807, 2.05) is 4.57 Å². The van der Waals surface area contributed by atoms with Crippen molar-refractivity contribution in [1.82, 2.24) is 19.5 Å². The Balaban J connectivity index is 1.52. The number of nitrogens with zero attached hydrogens (tertiary/aromatic N) is 4. The summed E-state index contributed by atoms with van der Waals surface area (Å²) in [6.07, 6.45) is 5.98. The third-order valence-corrected chi connectivity index (χ3v) is 6.85. The molecule has 1 amide bonds. The first kappa shape index (κ1) is 23.7. The van der Waals surface area contributed by atoms with Crippen LogP contribution in [0, 0.1) is 17.6 Å². The van der Waals surface area contributed by atoms with Gasteiger partial charge in [-0.05, 0) is 50.7 Å². The molecule has 3 aromatic rings. The minimum absolute atomic E-state index is 0.0443. The van der Waals surface area contributed by atoms with Gasteiger partial charge in [-0.25, -0.2) is 18.7 Å². The van der Waals surface area contributed by atoms with Crippen molar-refractivity contribution in [2.24, 2.45) is 11.7 Å². The zero-order chi connectivity index (χ0) is 24.5. The number of hydrogen-bond acceptors (Lipinski definition) is 7. The molecule has 5 rings (SSSR count). The van der Waals surface area contributed by atoms with E-state index in [2.05, 4.69) is 20.6 Å². The first-order valence-corrected chi connectivity index (χ1v) is 12.1. The second-order valence-corrected chi connectivity index (χ2v) is 9.48. The molecule has 0 radical (unpaired) electrons. The highest BCUT2D eigenvalue weighted by Crippen LogP contribution is 2.37. The number of fused-ring (bicyclic) bond motifs is 1. The zero-order valence-corrected chi connectivity index (χ0v) is 19.7. The van der Waals surface area contributed by atoms with Gasteiger partial charge in [0.15, 0.2) is 17.3 Å². The molecule has 35 heavy (non-hydrogen) atoms. The Morgan fingerprint density at radius 2 is 1.89 bits per heavy atom. The summed E-state index contributed by atoms with van der Waals surface area (Å²) in [6, 6.07) is 2.06. The van der Waals surface area contributed by atoms with Crippen LogP contribution in [0.2, 0.25) is 5.02 Å². The summed E-state index contributed by atoms with van der Waals surface area (Å²) < 4.78 is 36.5. The maximum absolute atomic E-state index is 14.6. The molecule has 1 aromatic carbocycles.